The number of amides is 1. The van der Waals surface area contributed by atoms with Crippen molar-refractivity contribution >= 4 is 28.5 Å². The van der Waals surface area contributed by atoms with E-state index in [0.717, 1.165) is 11.4 Å². The van der Waals surface area contributed by atoms with Gasteiger partial charge in [0.05, 0.1) is 16.8 Å². The first-order valence-electron chi connectivity index (χ1n) is 11.8. The SMILES string of the molecule is CCCn1nc(C(=O)OCC(=O)Nc2cc(C(C)(C)C)nn2-c2ccccc2)c2ccccc2c1=O. The van der Waals surface area contributed by atoms with E-state index in [1.165, 1.54) is 4.68 Å². The maximum Gasteiger partial charge on any atom is 0.359 e. The van der Waals surface area contributed by atoms with Crippen molar-refractivity contribution in [1.29, 1.82) is 0 Å². The molecule has 0 saturated heterocycles. The highest BCUT2D eigenvalue weighted by Gasteiger charge is 2.23. The average Bonchev–Trinajstić information content (AvgIpc) is 3.29. The Balaban J connectivity index is 1.55. The summed E-state index contributed by atoms with van der Waals surface area (Å²) in [7, 11) is 0. The van der Waals surface area contributed by atoms with Crippen molar-refractivity contribution < 1.29 is 14.3 Å². The smallest absolute Gasteiger partial charge is 0.359 e. The fourth-order valence-electron chi connectivity index (χ4n) is 3.73. The highest BCUT2D eigenvalue weighted by molar-refractivity contribution is 6.03. The summed E-state index contributed by atoms with van der Waals surface area (Å²) in [6, 6.07) is 18.0. The van der Waals surface area contributed by atoms with Gasteiger partial charge in [0.15, 0.2) is 12.3 Å². The lowest BCUT2D eigenvalue weighted by atomic mass is 9.92. The number of hydrogen-bond donors (Lipinski definition) is 1. The molecule has 0 aliphatic rings. The molecule has 1 amide bonds. The molecule has 0 unspecified atom stereocenters. The van der Waals surface area contributed by atoms with E-state index < -0.39 is 18.5 Å². The van der Waals surface area contributed by atoms with Crippen LogP contribution in [0.4, 0.5) is 5.82 Å². The molecule has 0 atom stereocenters. The van der Waals surface area contributed by atoms with Crippen LogP contribution in [-0.2, 0) is 21.5 Å². The monoisotopic (exact) mass is 487 g/mol. The Hall–Kier alpha value is -4.27. The molecule has 0 radical (unpaired) electrons. The Labute approximate surface area is 208 Å². The standard InChI is InChI=1S/C27H29N5O4/c1-5-15-31-25(34)20-14-10-9-13-19(20)24(30-31)26(35)36-17-23(33)28-22-16-21(27(2,3)4)29-32(22)18-11-7-6-8-12-18/h6-14,16H,5,15,17H2,1-4H3,(H,28,33). The summed E-state index contributed by atoms with van der Waals surface area (Å²) in [5.74, 6) is -0.836. The number of benzene rings is 2. The fraction of sp³-hybridized carbons (Fsp3) is 0.296. The summed E-state index contributed by atoms with van der Waals surface area (Å²) < 4.78 is 8.21. The second kappa shape index (κ2) is 10.2. The number of carbonyl (C=O) groups is 2. The summed E-state index contributed by atoms with van der Waals surface area (Å²) in [5.41, 5.74) is 1.07. The lowest BCUT2D eigenvalue weighted by molar-refractivity contribution is -0.119. The molecule has 0 bridgehead atoms. The Kier molecular flexibility index (Phi) is 7.00. The molecule has 4 aromatic rings. The number of nitrogens with one attached hydrogen (secondary N) is 1. The maximum atomic E-state index is 12.9. The Morgan fingerprint density at radius 1 is 0.972 bits per heavy atom. The number of hydrogen-bond acceptors (Lipinski definition) is 6. The molecule has 0 aliphatic carbocycles. The van der Waals surface area contributed by atoms with Crippen LogP contribution in [0, 0.1) is 0 Å². The molecule has 0 fully saturated rings. The molecule has 0 spiro atoms. The molecule has 2 aromatic carbocycles. The van der Waals surface area contributed by atoms with Gasteiger partial charge in [-0.1, -0.05) is 64.1 Å². The van der Waals surface area contributed by atoms with Gasteiger partial charge in [-0.15, -0.1) is 0 Å². The third-order valence-corrected chi connectivity index (χ3v) is 5.58. The topological polar surface area (TPSA) is 108 Å². The van der Waals surface area contributed by atoms with Gasteiger partial charge in [-0.25, -0.2) is 14.2 Å². The van der Waals surface area contributed by atoms with Crippen LogP contribution in [0.3, 0.4) is 0 Å². The van der Waals surface area contributed by atoms with E-state index in [-0.39, 0.29) is 16.7 Å². The van der Waals surface area contributed by atoms with Gasteiger partial charge >= 0.3 is 5.97 Å². The Morgan fingerprint density at radius 2 is 1.64 bits per heavy atom. The number of nitrogens with zero attached hydrogens (tertiary/aromatic N) is 4. The highest BCUT2D eigenvalue weighted by atomic mass is 16.5. The zero-order valence-electron chi connectivity index (χ0n) is 20.8. The van der Waals surface area contributed by atoms with Crippen molar-refractivity contribution in [3.63, 3.8) is 0 Å². The van der Waals surface area contributed by atoms with E-state index in [9.17, 15) is 14.4 Å². The van der Waals surface area contributed by atoms with Crippen molar-refractivity contribution in [3.05, 3.63) is 82.4 Å². The van der Waals surface area contributed by atoms with Crippen LogP contribution in [0.15, 0.2) is 65.5 Å². The summed E-state index contributed by atoms with van der Waals surface area (Å²) >= 11 is 0. The van der Waals surface area contributed by atoms with Crippen molar-refractivity contribution in [1.82, 2.24) is 19.6 Å². The first-order valence-corrected chi connectivity index (χ1v) is 11.8. The van der Waals surface area contributed by atoms with Gasteiger partial charge in [-0.05, 0) is 24.6 Å². The normalized spacial score (nSPS) is 11.4. The second-order valence-corrected chi connectivity index (χ2v) is 9.46. The number of fused-ring (bicyclic) bond motifs is 1. The number of ether oxygens (including phenoxy) is 1. The predicted molar refractivity (Wildman–Crippen MR) is 137 cm³/mol. The second-order valence-electron chi connectivity index (χ2n) is 9.46. The molecule has 0 saturated carbocycles. The summed E-state index contributed by atoms with van der Waals surface area (Å²) in [6.45, 7) is 7.86. The van der Waals surface area contributed by atoms with Crippen LogP contribution in [0.2, 0.25) is 0 Å². The highest BCUT2D eigenvalue weighted by Crippen LogP contribution is 2.26. The van der Waals surface area contributed by atoms with E-state index in [2.05, 4.69) is 15.5 Å². The van der Waals surface area contributed by atoms with Crippen LogP contribution in [0.1, 0.15) is 50.3 Å². The van der Waals surface area contributed by atoms with Crippen LogP contribution in [-0.4, -0.2) is 38.0 Å². The maximum absolute atomic E-state index is 12.9. The average molecular weight is 488 g/mol. The molecular weight excluding hydrogens is 458 g/mol. The number of aromatic nitrogens is 4. The molecule has 0 aliphatic heterocycles. The number of carbonyl (C=O) groups excluding carboxylic acids is 2. The van der Waals surface area contributed by atoms with Crippen molar-refractivity contribution in [2.45, 2.75) is 46.1 Å². The fourth-order valence-corrected chi connectivity index (χ4v) is 3.73. The van der Waals surface area contributed by atoms with E-state index in [1.54, 1.807) is 28.9 Å². The van der Waals surface area contributed by atoms with Crippen LogP contribution in [0.5, 0.6) is 0 Å². The third-order valence-electron chi connectivity index (χ3n) is 5.58. The van der Waals surface area contributed by atoms with E-state index in [0.29, 0.717) is 29.6 Å². The number of anilines is 1. The van der Waals surface area contributed by atoms with E-state index >= 15 is 0 Å². The molecule has 186 valence electrons. The van der Waals surface area contributed by atoms with Gasteiger partial charge in [0.1, 0.15) is 5.82 Å². The third kappa shape index (κ3) is 5.19. The van der Waals surface area contributed by atoms with Gasteiger partial charge in [0.2, 0.25) is 0 Å². The molecule has 36 heavy (non-hydrogen) atoms. The number of aryl methyl sites for hydroxylation is 1. The molecule has 9 nitrogen and oxygen atoms in total. The molecule has 2 heterocycles. The lowest BCUT2D eigenvalue weighted by Gasteiger charge is -2.14. The Bertz CT molecular complexity index is 1470. The predicted octanol–water partition coefficient (Wildman–Crippen LogP) is 4.09. The van der Waals surface area contributed by atoms with Crippen molar-refractivity contribution in [3.8, 4) is 5.69 Å². The molecule has 9 heteroatoms. The zero-order chi connectivity index (χ0) is 25.9. The quantitative estimate of drug-likeness (QED) is 0.394. The molecular formula is C27H29N5O4. The van der Waals surface area contributed by atoms with Crippen LogP contribution >= 0.6 is 0 Å². The minimum absolute atomic E-state index is 0.00389. The summed E-state index contributed by atoms with van der Waals surface area (Å²) in [5, 5.41) is 12.4. The van der Waals surface area contributed by atoms with Gasteiger partial charge in [-0.2, -0.15) is 10.2 Å². The largest absolute Gasteiger partial charge is 0.451 e. The van der Waals surface area contributed by atoms with Crippen LogP contribution in [0.25, 0.3) is 16.5 Å². The lowest BCUT2D eigenvalue weighted by Crippen LogP contribution is -2.28. The number of esters is 1. The number of rotatable bonds is 7. The van der Waals surface area contributed by atoms with Gasteiger partial charge < -0.3 is 10.1 Å². The van der Waals surface area contributed by atoms with Gasteiger partial charge in [0, 0.05) is 23.4 Å². The molecule has 4 rings (SSSR count). The van der Waals surface area contributed by atoms with Gasteiger partial charge in [-0.3, -0.25) is 9.59 Å². The minimum atomic E-state index is -0.779. The molecule has 1 N–H and O–H groups in total. The zero-order valence-corrected chi connectivity index (χ0v) is 20.8. The van der Waals surface area contributed by atoms with Gasteiger partial charge in [0.25, 0.3) is 11.5 Å². The summed E-state index contributed by atoms with van der Waals surface area (Å²) in [4.78, 5) is 38.3. The first-order chi connectivity index (χ1) is 17.2. The molecule has 2 aromatic heterocycles. The van der Waals surface area contributed by atoms with Crippen molar-refractivity contribution in [2.75, 3.05) is 11.9 Å². The first kappa shape index (κ1) is 24.8. The van der Waals surface area contributed by atoms with Crippen LogP contribution < -0.4 is 10.9 Å². The summed E-state index contributed by atoms with van der Waals surface area (Å²) in [6.07, 6.45) is 0.674. The minimum Gasteiger partial charge on any atom is -0.451 e. The van der Waals surface area contributed by atoms with E-state index in [1.807, 2.05) is 64.1 Å². The van der Waals surface area contributed by atoms with E-state index in [4.69, 9.17) is 4.74 Å². The Morgan fingerprint density at radius 3 is 2.31 bits per heavy atom. The number of para-hydroxylation sites is 1. The van der Waals surface area contributed by atoms with Crippen molar-refractivity contribution in [2.24, 2.45) is 0 Å².